The van der Waals surface area contributed by atoms with E-state index in [1.165, 1.54) is 12.1 Å². The van der Waals surface area contributed by atoms with Crippen LogP contribution >= 0.6 is 23.2 Å². The molecule has 1 N–H and O–H groups in total. The Bertz CT molecular complexity index is 740. The maximum atomic E-state index is 12.7. The summed E-state index contributed by atoms with van der Waals surface area (Å²) in [7, 11) is -4.16. The van der Waals surface area contributed by atoms with E-state index in [-0.39, 0.29) is 27.9 Å². The molecular formula is C13H13Cl2F3N2O3S. The van der Waals surface area contributed by atoms with E-state index in [9.17, 15) is 26.4 Å². The Kier molecular flexibility index (Phi) is 5.68. The van der Waals surface area contributed by atoms with Gasteiger partial charge in [-0.15, -0.1) is 0 Å². The molecule has 0 saturated carbocycles. The van der Waals surface area contributed by atoms with Gasteiger partial charge < -0.3 is 5.32 Å². The van der Waals surface area contributed by atoms with E-state index in [0.29, 0.717) is 6.42 Å². The summed E-state index contributed by atoms with van der Waals surface area (Å²) in [6.07, 6.45) is -4.10. The number of benzene rings is 1. The summed E-state index contributed by atoms with van der Waals surface area (Å²) in [6.45, 7) is -1.51. The maximum absolute atomic E-state index is 12.7. The number of carbonyl (C=O) groups excluding carboxylic acids is 1. The third-order valence-corrected chi connectivity index (χ3v) is 6.07. The quantitative estimate of drug-likeness (QED) is 0.838. The lowest BCUT2D eigenvalue weighted by molar-refractivity contribution is -0.140. The number of hydrogen-bond donors (Lipinski definition) is 1. The molecule has 0 radical (unpaired) electrons. The van der Waals surface area contributed by atoms with E-state index in [4.69, 9.17) is 23.2 Å². The van der Waals surface area contributed by atoms with Gasteiger partial charge in [0.15, 0.2) is 0 Å². The van der Waals surface area contributed by atoms with Crippen LogP contribution in [-0.4, -0.2) is 43.9 Å². The van der Waals surface area contributed by atoms with E-state index in [0.717, 1.165) is 10.4 Å². The second-order valence-electron chi connectivity index (χ2n) is 5.18. The lowest BCUT2D eigenvalue weighted by Crippen LogP contribution is -2.47. The molecule has 11 heteroatoms. The van der Waals surface area contributed by atoms with Crippen LogP contribution in [0.25, 0.3) is 0 Å². The van der Waals surface area contributed by atoms with E-state index < -0.39 is 34.7 Å². The van der Waals surface area contributed by atoms with Crippen molar-refractivity contribution in [2.24, 2.45) is 0 Å². The molecule has 0 bridgehead atoms. The van der Waals surface area contributed by atoms with Crippen molar-refractivity contribution >= 4 is 39.1 Å². The number of carbonyl (C=O) groups is 1. The molecule has 1 saturated heterocycles. The van der Waals surface area contributed by atoms with Gasteiger partial charge in [0.05, 0.1) is 5.02 Å². The van der Waals surface area contributed by atoms with E-state index in [2.05, 4.69) is 0 Å². The largest absolute Gasteiger partial charge is 0.405 e. The molecule has 1 unspecified atom stereocenters. The zero-order chi connectivity index (χ0) is 18.1. The Morgan fingerprint density at radius 2 is 2.00 bits per heavy atom. The number of amides is 1. The molecule has 134 valence electrons. The third-order valence-electron chi connectivity index (χ3n) is 3.45. The van der Waals surface area contributed by atoms with Crippen LogP contribution in [-0.2, 0) is 14.8 Å². The van der Waals surface area contributed by atoms with Gasteiger partial charge in [-0.25, -0.2) is 8.42 Å². The van der Waals surface area contributed by atoms with Crippen molar-refractivity contribution < 1.29 is 26.4 Å². The number of nitrogens with one attached hydrogen (secondary N) is 1. The molecular weight excluding hydrogens is 392 g/mol. The predicted octanol–water partition coefficient (Wildman–Crippen LogP) is 2.83. The van der Waals surface area contributed by atoms with E-state index >= 15 is 0 Å². The Balaban J connectivity index is 2.26. The average Bonchev–Trinajstić information content (AvgIpc) is 2.96. The van der Waals surface area contributed by atoms with Crippen LogP contribution in [0.4, 0.5) is 13.2 Å². The first-order chi connectivity index (χ1) is 11.0. The highest BCUT2D eigenvalue weighted by Crippen LogP contribution is 2.32. The van der Waals surface area contributed by atoms with Gasteiger partial charge in [-0.05, 0) is 31.0 Å². The first-order valence-electron chi connectivity index (χ1n) is 6.84. The number of nitrogens with zero attached hydrogens (tertiary/aromatic N) is 1. The third kappa shape index (κ3) is 4.33. The molecule has 5 nitrogen and oxygen atoms in total. The van der Waals surface area contributed by atoms with E-state index in [1.807, 2.05) is 0 Å². The molecule has 1 atom stereocenters. The van der Waals surface area contributed by atoms with Crippen LogP contribution in [0, 0.1) is 0 Å². The first kappa shape index (κ1) is 19.3. The molecule has 1 amide bonds. The molecule has 0 aliphatic carbocycles. The standard InChI is InChI=1S/C13H13Cl2F3N2O3S/c14-8-3-4-9(15)11(6-8)24(22,23)20-5-1-2-10(20)12(21)19-7-13(16,17)18/h3-4,6,10H,1-2,5,7H2,(H,19,21). The van der Waals surface area contributed by atoms with Crippen LogP contribution in [0.1, 0.15) is 12.8 Å². The maximum Gasteiger partial charge on any atom is 0.405 e. The van der Waals surface area contributed by atoms with Crippen molar-refractivity contribution in [3.63, 3.8) is 0 Å². The minimum Gasteiger partial charge on any atom is -0.346 e. The van der Waals surface area contributed by atoms with Gasteiger partial charge in [0.2, 0.25) is 15.9 Å². The van der Waals surface area contributed by atoms with Crippen molar-refractivity contribution in [3.05, 3.63) is 28.2 Å². The molecule has 1 heterocycles. The zero-order valence-electron chi connectivity index (χ0n) is 12.1. The summed E-state index contributed by atoms with van der Waals surface area (Å²) in [6, 6.07) is 2.63. The fourth-order valence-electron chi connectivity index (χ4n) is 2.40. The van der Waals surface area contributed by atoms with Crippen LogP contribution in [0.15, 0.2) is 23.1 Å². The molecule has 0 spiro atoms. The van der Waals surface area contributed by atoms with Gasteiger partial charge in [0.1, 0.15) is 17.5 Å². The van der Waals surface area contributed by atoms with E-state index in [1.54, 1.807) is 5.32 Å². The number of hydrogen-bond acceptors (Lipinski definition) is 3. The van der Waals surface area contributed by atoms with Crippen molar-refractivity contribution in [3.8, 4) is 0 Å². The van der Waals surface area contributed by atoms with Gasteiger partial charge in [-0.3, -0.25) is 4.79 Å². The average molecular weight is 405 g/mol. The summed E-state index contributed by atoms with van der Waals surface area (Å²) in [5.41, 5.74) is 0. The van der Waals surface area contributed by atoms with Gasteiger partial charge in [-0.1, -0.05) is 23.2 Å². The number of sulfonamides is 1. The van der Waals surface area contributed by atoms with Gasteiger partial charge >= 0.3 is 6.18 Å². The summed E-state index contributed by atoms with van der Waals surface area (Å²) >= 11 is 11.7. The Hall–Kier alpha value is -1.03. The second-order valence-corrected chi connectivity index (χ2v) is 7.88. The fourth-order valence-corrected chi connectivity index (χ4v) is 4.79. The van der Waals surface area contributed by atoms with Crippen molar-refractivity contribution in [1.29, 1.82) is 0 Å². The van der Waals surface area contributed by atoms with Crippen molar-refractivity contribution in [2.45, 2.75) is 30.0 Å². The fraction of sp³-hybridized carbons (Fsp3) is 0.462. The van der Waals surface area contributed by atoms with Gasteiger partial charge in [0, 0.05) is 11.6 Å². The molecule has 24 heavy (non-hydrogen) atoms. The van der Waals surface area contributed by atoms with Gasteiger partial charge in [-0.2, -0.15) is 17.5 Å². The minimum atomic E-state index is -4.58. The summed E-state index contributed by atoms with van der Waals surface area (Å²) < 4.78 is 62.9. The number of alkyl halides is 3. The molecule has 1 aliphatic heterocycles. The molecule has 1 aromatic rings. The number of halogens is 5. The minimum absolute atomic E-state index is 0.00921. The Labute approximate surface area is 146 Å². The topological polar surface area (TPSA) is 66.5 Å². The molecule has 1 fully saturated rings. The Morgan fingerprint density at radius 3 is 2.62 bits per heavy atom. The highest BCUT2D eigenvalue weighted by Gasteiger charge is 2.41. The van der Waals surface area contributed by atoms with Crippen molar-refractivity contribution in [2.75, 3.05) is 13.1 Å². The first-order valence-corrected chi connectivity index (χ1v) is 9.03. The monoisotopic (exact) mass is 404 g/mol. The molecule has 2 rings (SSSR count). The lowest BCUT2D eigenvalue weighted by atomic mass is 10.2. The highest BCUT2D eigenvalue weighted by molar-refractivity contribution is 7.89. The van der Waals surface area contributed by atoms with Crippen LogP contribution in [0.2, 0.25) is 10.0 Å². The highest BCUT2D eigenvalue weighted by atomic mass is 35.5. The smallest absolute Gasteiger partial charge is 0.346 e. The summed E-state index contributed by atoms with van der Waals surface area (Å²) in [5.74, 6) is -0.994. The number of rotatable bonds is 4. The predicted molar refractivity (Wildman–Crippen MR) is 82.4 cm³/mol. The second kappa shape index (κ2) is 7.07. The zero-order valence-corrected chi connectivity index (χ0v) is 14.4. The van der Waals surface area contributed by atoms with Gasteiger partial charge in [0.25, 0.3) is 0 Å². The summed E-state index contributed by atoms with van der Waals surface area (Å²) in [4.78, 5) is 11.7. The molecule has 0 aromatic heterocycles. The van der Waals surface area contributed by atoms with Crippen LogP contribution < -0.4 is 5.32 Å². The Morgan fingerprint density at radius 1 is 1.33 bits per heavy atom. The lowest BCUT2D eigenvalue weighted by Gasteiger charge is -2.24. The SMILES string of the molecule is O=C(NCC(F)(F)F)C1CCCN1S(=O)(=O)c1cc(Cl)ccc1Cl. The van der Waals surface area contributed by atoms with Crippen LogP contribution in [0.5, 0.6) is 0 Å². The van der Waals surface area contributed by atoms with Crippen molar-refractivity contribution in [1.82, 2.24) is 9.62 Å². The van der Waals surface area contributed by atoms with Crippen LogP contribution in [0.3, 0.4) is 0 Å². The summed E-state index contributed by atoms with van der Waals surface area (Å²) in [5, 5.41) is 1.77. The molecule has 1 aliphatic rings. The normalized spacial score (nSPS) is 19.5. The molecule has 1 aromatic carbocycles.